The van der Waals surface area contributed by atoms with Crippen LogP contribution in [0.25, 0.3) is 0 Å². The van der Waals surface area contributed by atoms with Crippen LogP contribution in [0.2, 0.25) is 0 Å². The largest absolute Gasteiger partial charge is 0.508 e. The lowest BCUT2D eigenvalue weighted by Crippen LogP contribution is -2.29. The van der Waals surface area contributed by atoms with Gasteiger partial charge in [-0.25, -0.2) is 4.98 Å². The van der Waals surface area contributed by atoms with Gasteiger partial charge >= 0.3 is 0 Å². The molecular formula is C20H19N3O3. The van der Waals surface area contributed by atoms with Gasteiger partial charge < -0.3 is 20.2 Å². The summed E-state index contributed by atoms with van der Waals surface area (Å²) in [5, 5.41) is 9.34. The molecule has 4 rings (SSSR count). The molecule has 26 heavy (non-hydrogen) atoms. The van der Waals surface area contributed by atoms with Crippen LogP contribution in [0.15, 0.2) is 59.2 Å². The van der Waals surface area contributed by atoms with E-state index in [2.05, 4.69) is 4.98 Å². The molecule has 1 aliphatic heterocycles. The molecule has 1 unspecified atom stereocenters. The number of carbonyl (C=O) groups is 1. The molecule has 1 aliphatic rings. The van der Waals surface area contributed by atoms with E-state index in [1.54, 1.807) is 29.2 Å². The Balaban J connectivity index is 1.49. The molecule has 0 fully saturated rings. The van der Waals surface area contributed by atoms with Gasteiger partial charge in [0.15, 0.2) is 5.69 Å². The van der Waals surface area contributed by atoms with Gasteiger partial charge in [-0.05, 0) is 42.2 Å². The third kappa shape index (κ3) is 3.07. The van der Waals surface area contributed by atoms with Crippen molar-refractivity contribution in [2.75, 3.05) is 11.4 Å². The van der Waals surface area contributed by atoms with Crippen LogP contribution in [0.3, 0.4) is 0 Å². The molecule has 6 nitrogen and oxygen atoms in total. The first-order valence-electron chi connectivity index (χ1n) is 8.50. The van der Waals surface area contributed by atoms with Crippen LogP contribution < -0.4 is 10.6 Å². The number of nitrogens with two attached hydrogens (primary N) is 1. The van der Waals surface area contributed by atoms with Gasteiger partial charge in [0.2, 0.25) is 5.89 Å². The van der Waals surface area contributed by atoms with Crippen molar-refractivity contribution in [3.8, 4) is 5.75 Å². The van der Waals surface area contributed by atoms with E-state index in [-0.39, 0.29) is 17.4 Å². The summed E-state index contributed by atoms with van der Waals surface area (Å²) in [7, 11) is 0. The number of hydrogen-bond donors (Lipinski definition) is 2. The average Bonchev–Trinajstić information content (AvgIpc) is 3.30. The third-order valence-corrected chi connectivity index (χ3v) is 4.58. The Morgan fingerprint density at radius 1 is 1.23 bits per heavy atom. The van der Waals surface area contributed by atoms with E-state index in [4.69, 9.17) is 10.2 Å². The van der Waals surface area contributed by atoms with E-state index in [0.717, 1.165) is 23.2 Å². The topological polar surface area (TPSA) is 92.6 Å². The highest BCUT2D eigenvalue weighted by molar-refractivity contribution is 6.05. The molecule has 132 valence electrons. The fourth-order valence-corrected chi connectivity index (χ4v) is 3.22. The highest BCUT2D eigenvalue weighted by Crippen LogP contribution is 2.29. The first kappa shape index (κ1) is 16.4. The second-order valence-electron chi connectivity index (χ2n) is 6.38. The summed E-state index contributed by atoms with van der Waals surface area (Å²) in [6.45, 7) is 0.639. The number of anilines is 1. The summed E-state index contributed by atoms with van der Waals surface area (Å²) in [5.41, 5.74) is 9.47. The number of phenolic OH excluding ortho intramolecular Hbond substituents is 1. The quantitative estimate of drug-likeness (QED) is 0.755. The normalized spacial score (nSPS) is 14.3. The van der Waals surface area contributed by atoms with Gasteiger partial charge in [0, 0.05) is 12.2 Å². The van der Waals surface area contributed by atoms with Crippen molar-refractivity contribution in [1.29, 1.82) is 0 Å². The van der Waals surface area contributed by atoms with Gasteiger partial charge in [0.05, 0.1) is 6.04 Å². The maximum atomic E-state index is 12.8. The maximum absolute atomic E-state index is 12.8. The number of aromatic hydroxyl groups is 1. The zero-order valence-electron chi connectivity index (χ0n) is 14.1. The number of nitrogens with zero attached hydrogens (tertiary/aromatic N) is 2. The highest BCUT2D eigenvalue weighted by atomic mass is 16.3. The van der Waals surface area contributed by atoms with Crippen LogP contribution in [0.1, 0.15) is 33.5 Å². The SMILES string of the molecule is NC(Cc1ccc(O)cc1)c1nc(C(=O)N2CCc3ccccc32)co1. The number of oxazole rings is 1. The van der Waals surface area contributed by atoms with Crippen molar-refractivity contribution < 1.29 is 14.3 Å². The zero-order chi connectivity index (χ0) is 18.1. The third-order valence-electron chi connectivity index (χ3n) is 4.58. The number of benzene rings is 2. The number of fused-ring (bicyclic) bond motifs is 1. The Kier molecular flexibility index (Phi) is 4.18. The first-order valence-corrected chi connectivity index (χ1v) is 8.50. The molecule has 2 aromatic carbocycles. The number of para-hydroxylation sites is 1. The molecule has 0 aliphatic carbocycles. The van der Waals surface area contributed by atoms with E-state index < -0.39 is 6.04 Å². The Labute approximate surface area is 150 Å². The van der Waals surface area contributed by atoms with Gasteiger partial charge in [0.25, 0.3) is 5.91 Å². The zero-order valence-corrected chi connectivity index (χ0v) is 14.1. The Morgan fingerprint density at radius 2 is 2.00 bits per heavy atom. The second-order valence-corrected chi connectivity index (χ2v) is 6.38. The number of carbonyl (C=O) groups excluding carboxylic acids is 1. The monoisotopic (exact) mass is 349 g/mol. The standard InChI is InChI=1S/C20H19N3O3/c21-16(11-13-5-7-15(24)8-6-13)19-22-17(12-26-19)20(25)23-10-9-14-3-1-2-4-18(14)23/h1-8,12,16,24H,9-11,21H2. The van der Waals surface area contributed by atoms with Crippen LogP contribution in [0.4, 0.5) is 5.69 Å². The van der Waals surface area contributed by atoms with Crippen molar-refractivity contribution in [3.63, 3.8) is 0 Å². The summed E-state index contributed by atoms with van der Waals surface area (Å²) in [6, 6.07) is 14.2. The lowest BCUT2D eigenvalue weighted by atomic mass is 10.1. The summed E-state index contributed by atoms with van der Waals surface area (Å²) >= 11 is 0. The van der Waals surface area contributed by atoms with E-state index >= 15 is 0 Å². The number of amides is 1. The highest BCUT2D eigenvalue weighted by Gasteiger charge is 2.27. The smallest absolute Gasteiger partial charge is 0.280 e. The van der Waals surface area contributed by atoms with Crippen molar-refractivity contribution in [3.05, 3.63) is 77.5 Å². The molecule has 0 saturated heterocycles. The summed E-state index contributed by atoms with van der Waals surface area (Å²) < 4.78 is 5.46. The molecule has 3 N–H and O–H groups in total. The van der Waals surface area contributed by atoms with Crippen LogP contribution in [0, 0.1) is 0 Å². The van der Waals surface area contributed by atoms with Crippen LogP contribution in [0.5, 0.6) is 5.75 Å². The number of hydrogen-bond acceptors (Lipinski definition) is 5. The van der Waals surface area contributed by atoms with E-state index in [9.17, 15) is 9.90 Å². The van der Waals surface area contributed by atoms with Gasteiger partial charge in [-0.2, -0.15) is 0 Å². The summed E-state index contributed by atoms with van der Waals surface area (Å²) in [6.07, 6.45) is 2.71. The second kappa shape index (κ2) is 6.65. The average molecular weight is 349 g/mol. The van der Waals surface area contributed by atoms with Crippen molar-refractivity contribution in [1.82, 2.24) is 4.98 Å². The molecular weight excluding hydrogens is 330 g/mol. The van der Waals surface area contributed by atoms with E-state index in [0.29, 0.717) is 18.9 Å². The van der Waals surface area contributed by atoms with E-state index in [1.807, 2.05) is 24.3 Å². The summed E-state index contributed by atoms with van der Waals surface area (Å²) in [5.74, 6) is 0.355. The Hall–Kier alpha value is -3.12. The molecule has 0 radical (unpaired) electrons. The fourth-order valence-electron chi connectivity index (χ4n) is 3.22. The minimum Gasteiger partial charge on any atom is -0.508 e. The fraction of sp³-hybridized carbons (Fsp3) is 0.200. The van der Waals surface area contributed by atoms with Crippen LogP contribution in [-0.2, 0) is 12.8 Å². The van der Waals surface area contributed by atoms with Crippen molar-refractivity contribution >= 4 is 11.6 Å². The van der Waals surface area contributed by atoms with Crippen molar-refractivity contribution in [2.45, 2.75) is 18.9 Å². The Morgan fingerprint density at radius 3 is 2.81 bits per heavy atom. The summed E-state index contributed by atoms with van der Waals surface area (Å²) in [4.78, 5) is 18.8. The van der Waals surface area contributed by atoms with Crippen LogP contribution in [-0.4, -0.2) is 22.5 Å². The molecule has 3 aromatic rings. The number of aromatic nitrogens is 1. The molecule has 0 bridgehead atoms. The van der Waals surface area contributed by atoms with Gasteiger partial charge in [-0.15, -0.1) is 0 Å². The van der Waals surface area contributed by atoms with Gasteiger partial charge in [-0.3, -0.25) is 4.79 Å². The molecule has 0 saturated carbocycles. The number of rotatable bonds is 4. The molecule has 0 spiro atoms. The van der Waals surface area contributed by atoms with Crippen LogP contribution >= 0.6 is 0 Å². The molecule has 1 aromatic heterocycles. The maximum Gasteiger partial charge on any atom is 0.280 e. The molecule has 1 atom stereocenters. The molecule has 2 heterocycles. The van der Waals surface area contributed by atoms with Gasteiger partial charge in [0.1, 0.15) is 12.0 Å². The predicted octanol–water partition coefficient (Wildman–Crippen LogP) is 2.83. The minimum atomic E-state index is -0.466. The Bertz CT molecular complexity index is 933. The first-order chi connectivity index (χ1) is 12.6. The minimum absolute atomic E-state index is 0.179. The molecule has 6 heteroatoms. The van der Waals surface area contributed by atoms with Crippen molar-refractivity contribution in [2.24, 2.45) is 5.73 Å². The number of phenols is 1. The van der Waals surface area contributed by atoms with Gasteiger partial charge in [-0.1, -0.05) is 30.3 Å². The molecule has 1 amide bonds. The lowest BCUT2D eigenvalue weighted by Gasteiger charge is -2.15. The van der Waals surface area contributed by atoms with E-state index in [1.165, 1.54) is 6.26 Å². The lowest BCUT2D eigenvalue weighted by molar-refractivity contribution is 0.0984. The predicted molar refractivity (Wildman–Crippen MR) is 97.1 cm³/mol.